The summed E-state index contributed by atoms with van der Waals surface area (Å²) in [5, 5.41) is 4.72. The smallest absolute Gasteiger partial charge is 0.152 e. The van der Waals surface area contributed by atoms with Crippen LogP contribution in [-0.2, 0) is 16.4 Å². The van der Waals surface area contributed by atoms with Crippen LogP contribution >= 0.6 is 0 Å². The molecule has 0 radical (unpaired) electrons. The van der Waals surface area contributed by atoms with Crippen LogP contribution < -0.4 is 4.90 Å². The molecule has 2 fully saturated rings. The van der Waals surface area contributed by atoms with Gasteiger partial charge in [0.25, 0.3) is 0 Å². The maximum Gasteiger partial charge on any atom is 0.152 e. The number of benzene rings is 1. The van der Waals surface area contributed by atoms with E-state index in [1.165, 1.54) is 16.8 Å². The Hall–Kier alpha value is -1.86. The highest BCUT2D eigenvalue weighted by molar-refractivity contribution is 7.91. The van der Waals surface area contributed by atoms with Crippen LogP contribution in [0.5, 0.6) is 0 Å². The van der Waals surface area contributed by atoms with Gasteiger partial charge in [-0.05, 0) is 32.8 Å². The highest BCUT2D eigenvalue weighted by Gasteiger charge is 2.32. The number of hydrogen-bond donors (Lipinski definition) is 0. The Morgan fingerprint density at radius 2 is 1.71 bits per heavy atom. The Morgan fingerprint density at radius 3 is 2.32 bits per heavy atom. The van der Waals surface area contributed by atoms with E-state index in [4.69, 9.17) is 5.10 Å². The fraction of sp³-hybridized carbons (Fsp3) is 0.571. The number of aromatic nitrogens is 2. The van der Waals surface area contributed by atoms with Crippen molar-refractivity contribution in [1.29, 1.82) is 0 Å². The predicted molar refractivity (Wildman–Crippen MR) is 113 cm³/mol. The molecule has 2 aliphatic heterocycles. The van der Waals surface area contributed by atoms with E-state index < -0.39 is 9.84 Å². The van der Waals surface area contributed by atoms with E-state index in [1.54, 1.807) is 0 Å². The minimum Gasteiger partial charge on any atom is -0.366 e. The van der Waals surface area contributed by atoms with Gasteiger partial charge < -0.3 is 4.90 Å². The highest BCUT2D eigenvalue weighted by atomic mass is 32.2. The molecule has 4 rings (SSSR count). The molecule has 2 saturated heterocycles. The summed E-state index contributed by atoms with van der Waals surface area (Å²) in [6, 6.07) is 8.78. The molecule has 1 atom stereocenters. The van der Waals surface area contributed by atoms with Crippen molar-refractivity contribution < 1.29 is 8.42 Å². The van der Waals surface area contributed by atoms with E-state index in [2.05, 4.69) is 47.9 Å². The molecular weight excluding hydrogens is 372 g/mol. The molecule has 1 aromatic carbocycles. The molecule has 6 nitrogen and oxygen atoms in total. The third-order valence-electron chi connectivity index (χ3n) is 6.06. The Labute approximate surface area is 168 Å². The zero-order chi connectivity index (χ0) is 19.9. The number of rotatable bonds is 4. The van der Waals surface area contributed by atoms with Gasteiger partial charge in [-0.25, -0.2) is 8.42 Å². The molecule has 0 spiro atoms. The van der Waals surface area contributed by atoms with Gasteiger partial charge in [0, 0.05) is 32.7 Å². The predicted octanol–water partition coefficient (Wildman–Crippen LogP) is 2.49. The van der Waals surface area contributed by atoms with Crippen molar-refractivity contribution in [2.75, 3.05) is 42.6 Å². The van der Waals surface area contributed by atoms with Crippen LogP contribution in [0.3, 0.4) is 0 Å². The molecule has 0 N–H and O–H groups in total. The molecule has 3 heterocycles. The summed E-state index contributed by atoms with van der Waals surface area (Å²) < 4.78 is 25.7. The molecular formula is C21H30N4O2S. The second-order valence-corrected chi connectivity index (χ2v) is 10.5. The first-order valence-corrected chi connectivity index (χ1v) is 11.9. The summed E-state index contributed by atoms with van der Waals surface area (Å²) in [4.78, 5) is 4.92. The number of nitrogens with zero attached hydrogens (tertiary/aromatic N) is 4. The van der Waals surface area contributed by atoms with Crippen LogP contribution in [0.1, 0.15) is 35.0 Å². The van der Waals surface area contributed by atoms with Crippen LogP contribution in [-0.4, -0.2) is 60.8 Å². The lowest BCUT2D eigenvalue weighted by molar-refractivity contribution is 0.249. The third-order valence-corrected chi connectivity index (χ3v) is 7.81. The fourth-order valence-corrected chi connectivity index (χ4v) is 6.21. The molecule has 1 unspecified atom stereocenters. The molecule has 7 heteroatoms. The van der Waals surface area contributed by atoms with Crippen LogP contribution in [0.25, 0.3) is 0 Å². The number of aryl methyl sites for hydroxylation is 2. The van der Waals surface area contributed by atoms with Crippen molar-refractivity contribution in [3.05, 3.63) is 46.8 Å². The van der Waals surface area contributed by atoms with Crippen LogP contribution in [0.2, 0.25) is 0 Å². The average molecular weight is 403 g/mol. The van der Waals surface area contributed by atoms with Crippen LogP contribution in [0.4, 0.5) is 5.69 Å². The minimum atomic E-state index is -2.91. The van der Waals surface area contributed by atoms with E-state index in [-0.39, 0.29) is 17.5 Å². The molecule has 2 aliphatic rings. The van der Waals surface area contributed by atoms with Gasteiger partial charge in [0.2, 0.25) is 0 Å². The molecule has 1 aromatic heterocycles. The molecule has 2 aromatic rings. The molecule has 28 heavy (non-hydrogen) atoms. The van der Waals surface area contributed by atoms with Gasteiger partial charge >= 0.3 is 0 Å². The van der Waals surface area contributed by atoms with E-state index in [1.807, 2.05) is 11.6 Å². The summed E-state index contributed by atoms with van der Waals surface area (Å²) in [7, 11) is -2.91. The lowest BCUT2D eigenvalue weighted by atomic mass is 10.1. The molecule has 0 bridgehead atoms. The topological polar surface area (TPSA) is 58.4 Å². The zero-order valence-corrected chi connectivity index (χ0v) is 17.9. The normalized spacial score (nSPS) is 22.7. The number of piperazine rings is 1. The Balaban J connectivity index is 1.42. The first-order chi connectivity index (χ1) is 13.3. The van der Waals surface area contributed by atoms with E-state index in [0.717, 1.165) is 44.1 Å². The van der Waals surface area contributed by atoms with Crippen molar-refractivity contribution in [2.45, 2.75) is 39.8 Å². The maximum atomic E-state index is 11.9. The Morgan fingerprint density at radius 1 is 1.04 bits per heavy atom. The molecule has 0 amide bonds. The average Bonchev–Trinajstić information content (AvgIpc) is 3.16. The van der Waals surface area contributed by atoms with Gasteiger partial charge in [-0.15, -0.1) is 0 Å². The second kappa shape index (κ2) is 7.52. The van der Waals surface area contributed by atoms with Crippen molar-refractivity contribution in [2.24, 2.45) is 0 Å². The zero-order valence-electron chi connectivity index (χ0n) is 17.1. The van der Waals surface area contributed by atoms with Gasteiger partial charge in [0.1, 0.15) is 0 Å². The SMILES string of the molecule is Cc1ccc(CN2CCN(c3c(C)nn(C4CCS(=O)(=O)C4)c3C)CC2)cc1. The van der Waals surface area contributed by atoms with Crippen molar-refractivity contribution in [3.8, 4) is 0 Å². The summed E-state index contributed by atoms with van der Waals surface area (Å²) in [5.74, 6) is 0.502. The van der Waals surface area contributed by atoms with Gasteiger partial charge in [0.05, 0.1) is 34.6 Å². The number of sulfone groups is 1. The second-order valence-electron chi connectivity index (χ2n) is 8.27. The summed E-state index contributed by atoms with van der Waals surface area (Å²) >= 11 is 0. The lowest BCUT2D eigenvalue weighted by Gasteiger charge is -2.36. The van der Waals surface area contributed by atoms with Crippen molar-refractivity contribution in [3.63, 3.8) is 0 Å². The van der Waals surface area contributed by atoms with Crippen molar-refractivity contribution >= 4 is 15.5 Å². The van der Waals surface area contributed by atoms with Crippen LogP contribution in [0, 0.1) is 20.8 Å². The molecule has 0 aliphatic carbocycles. The van der Waals surface area contributed by atoms with E-state index in [9.17, 15) is 8.42 Å². The quantitative estimate of drug-likeness (QED) is 0.786. The van der Waals surface area contributed by atoms with Crippen molar-refractivity contribution in [1.82, 2.24) is 14.7 Å². The standard InChI is InChI=1S/C21H30N4O2S/c1-16-4-6-19(7-5-16)14-23-9-11-24(12-10-23)21-17(2)22-25(18(21)3)20-8-13-28(26,27)15-20/h4-7,20H,8-15H2,1-3H3. The summed E-state index contributed by atoms with van der Waals surface area (Å²) in [5.41, 5.74) is 5.97. The third kappa shape index (κ3) is 3.96. The fourth-order valence-electron chi connectivity index (χ4n) is 4.52. The Bertz CT molecular complexity index is 942. The Kier molecular flexibility index (Phi) is 5.22. The van der Waals surface area contributed by atoms with E-state index >= 15 is 0 Å². The number of hydrogen-bond acceptors (Lipinski definition) is 5. The maximum absolute atomic E-state index is 11.9. The molecule has 0 saturated carbocycles. The van der Waals surface area contributed by atoms with E-state index in [0.29, 0.717) is 6.42 Å². The summed E-state index contributed by atoms with van der Waals surface area (Å²) in [6.07, 6.45) is 0.675. The largest absolute Gasteiger partial charge is 0.366 e. The van der Waals surface area contributed by atoms with Gasteiger partial charge in [-0.2, -0.15) is 5.10 Å². The first-order valence-electron chi connectivity index (χ1n) is 10.1. The summed E-state index contributed by atoms with van der Waals surface area (Å²) in [6.45, 7) is 11.2. The molecule has 152 valence electrons. The lowest BCUT2D eigenvalue weighted by Crippen LogP contribution is -2.46. The number of anilines is 1. The monoisotopic (exact) mass is 402 g/mol. The van der Waals surface area contributed by atoms with Crippen LogP contribution in [0.15, 0.2) is 24.3 Å². The van der Waals surface area contributed by atoms with Gasteiger partial charge in [-0.1, -0.05) is 29.8 Å². The minimum absolute atomic E-state index is 0.0136. The first kappa shape index (κ1) is 19.5. The van der Waals surface area contributed by atoms with Gasteiger partial charge in [-0.3, -0.25) is 9.58 Å². The van der Waals surface area contributed by atoms with Gasteiger partial charge in [0.15, 0.2) is 9.84 Å². The highest BCUT2D eigenvalue weighted by Crippen LogP contribution is 2.31.